The lowest BCUT2D eigenvalue weighted by Gasteiger charge is -2.22. The molecule has 2 aromatic heterocycles. The Morgan fingerprint density at radius 1 is 1.39 bits per heavy atom. The molecule has 1 amide bonds. The average molecular weight is 412 g/mol. The molecule has 1 aliphatic rings. The number of nitrogens with zero attached hydrogens (tertiary/aromatic N) is 2. The topological polar surface area (TPSA) is 78.1 Å². The van der Waals surface area contributed by atoms with Gasteiger partial charge >= 0.3 is 0 Å². The van der Waals surface area contributed by atoms with Gasteiger partial charge in [-0.2, -0.15) is 0 Å². The van der Waals surface area contributed by atoms with E-state index in [1.54, 1.807) is 0 Å². The number of anilines is 1. The fourth-order valence-electron chi connectivity index (χ4n) is 3.39. The molecule has 1 aliphatic heterocycles. The molecule has 0 saturated heterocycles. The van der Waals surface area contributed by atoms with Crippen LogP contribution in [0.2, 0.25) is 6.32 Å². The summed E-state index contributed by atoms with van der Waals surface area (Å²) in [5.41, 5.74) is 3.68. The fraction of sp³-hybridized carbons (Fsp3) is 0.316. The van der Waals surface area contributed by atoms with Gasteiger partial charge in [-0.25, -0.2) is 4.98 Å². The predicted octanol–water partition coefficient (Wildman–Crippen LogP) is 2.58. The lowest BCUT2D eigenvalue weighted by atomic mass is 9.92. The highest BCUT2D eigenvalue weighted by Crippen LogP contribution is 2.37. The molecule has 3 aromatic rings. The van der Waals surface area contributed by atoms with E-state index in [1.807, 2.05) is 32.1 Å². The van der Waals surface area contributed by atoms with E-state index in [0.29, 0.717) is 16.5 Å². The lowest BCUT2D eigenvalue weighted by molar-refractivity contribution is -0.113. The van der Waals surface area contributed by atoms with Crippen molar-refractivity contribution in [1.82, 2.24) is 14.9 Å². The Bertz CT molecular complexity index is 1010. The number of thiophene rings is 1. The van der Waals surface area contributed by atoms with Crippen molar-refractivity contribution in [3.8, 4) is 0 Å². The van der Waals surface area contributed by atoms with Crippen LogP contribution < -0.4 is 5.32 Å². The highest BCUT2D eigenvalue weighted by molar-refractivity contribution is 7.99. The molecule has 144 valence electrons. The zero-order valence-electron chi connectivity index (χ0n) is 15.9. The van der Waals surface area contributed by atoms with Gasteiger partial charge < -0.3 is 15.2 Å². The molecule has 0 spiro atoms. The van der Waals surface area contributed by atoms with Crippen molar-refractivity contribution in [2.45, 2.75) is 24.4 Å². The molecular weight excluding hydrogens is 391 g/mol. The van der Waals surface area contributed by atoms with Crippen molar-refractivity contribution in [1.29, 1.82) is 0 Å². The summed E-state index contributed by atoms with van der Waals surface area (Å²) in [6.45, 7) is 1.76. The van der Waals surface area contributed by atoms with E-state index in [2.05, 4.69) is 27.2 Å². The Labute approximate surface area is 172 Å². The number of thioether (sulfide) groups is 1. The number of aromatic nitrogens is 2. The number of imidazole rings is 1. The van der Waals surface area contributed by atoms with Gasteiger partial charge in [0.2, 0.25) is 5.91 Å². The molecule has 0 atom stereocenters. The van der Waals surface area contributed by atoms with Crippen LogP contribution in [0.5, 0.6) is 0 Å². The first-order chi connectivity index (χ1) is 13.5. The monoisotopic (exact) mass is 412 g/mol. The molecule has 0 aliphatic carbocycles. The second-order valence-electron chi connectivity index (χ2n) is 6.87. The van der Waals surface area contributed by atoms with Gasteiger partial charge in [-0.1, -0.05) is 23.9 Å². The van der Waals surface area contributed by atoms with Crippen LogP contribution in [0, 0.1) is 0 Å². The van der Waals surface area contributed by atoms with Crippen molar-refractivity contribution in [3.05, 3.63) is 40.3 Å². The van der Waals surface area contributed by atoms with Crippen molar-refractivity contribution in [2.75, 3.05) is 24.7 Å². The van der Waals surface area contributed by atoms with Crippen molar-refractivity contribution >= 4 is 58.7 Å². The van der Waals surface area contributed by atoms with Crippen molar-refractivity contribution in [3.63, 3.8) is 0 Å². The fourth-order valence-corrected chi connectivity index (χ4v) is 5.43. The van der Waals surface area contributed by atoms with Crippen molar-refractivity contribution < 1.29 is 9.59 Å². The van der Waals surface area contributed by atoms with Gasteiger partial charge in [0.05, 0.1) is 22.3 Å². The molecule has 2 N–H and O–H groups in total. The van der Waals surface area contributed by atoms with Crippen LogP contribution >= 0.6 is 23.1 Å². The molecule has 9 heteroatoms. The van der Waals surface area contributed by atoms with Gasteiger partial charge in [-0.05, 0) is 37.5 Å². The minimum atomic E-state index is -0.123. The first-order valence-electron chi connectivity index (χ1n) is 9.28. The standard InChI is InChI=1S/C19H21BN4O2S2/c1-24-7-6-11-15(9-24)28-18(17(11)14(25)8-20)23-16(26)10-27-19-21-12-4-2-3-5-13(12)22-19/h2-5H,6-10,20H2,1H3,(H,21,22)(H,23,26). The number of amides is 1. The summed E-state index contributed by atoms with van der Waals surface area (Å²) >= 11 is 2.90. The van der Waals surface area contributed by atoms with Crippen LogP contribution in [0.3, 0.4) is 0 Å². The van der Waals surface area contributed by atoms with Crippen LogP contribution in [0.25, 0.3) is 11.0 Å². The lowest BCUT2D eigenvalue weighted by Crippen LogP contribution is -2.26. The normalized spacial score (nSPS) is 14.2. The number of hydrogen-bond donors (Lipinski definition) is 2. The molecule has 3 heterocycles. The summed E-state index contributed by atoms with van der Waals surface area (Å²) in [7, 11) is 3.94. The number of aromatic amines is 1. The number of carbonyl (C=O) groups is 2. The molecule has 4 rings (SSSR count). The number of benzene rings is 1. The summed E-state index contributed by atoms with van der Waals surface area (Å²) in [5, 5.41) is 4.39. The van der Waals surface area contributed by atoms with E-state index in [4.69, 9.17) is 0 Å². The molecule has 0 radical (unpaired) electrons. The van der Waals surface area contributed by atoms with Gasteiger partial charge in [0.1, 0.15) is 12.8 Å². The molecule has 6 nitrogen and oxygen atoms in total. The maximum atomic E-state index is 12.6. The Morgan fingerprint density at radius 2 is 2.21 bits per heavy atom. The SMILES string of the molecule is BCC(=O)c1c(NC(=O)CSc2nc3ccccc3[nH]2)sc2c1CCN(C)C2. The van der Waals surface area contributed by atoms with E-state index >= 15 is 0 Å². The number of nitrogens with one attached hydrogen (secondary N) is 2. The Morgan fingerprint density at radius 3 is 3.00 bits per heavy atom. The molecule has 0 unspecified atom stereocenters. The number of H-pyrrole nitrogens is 1. The van der Waals surface area contributed by atoms with Crippen molar-refractivity contribution in [2.24, 2.45) is 0 Å². The first kappa shape index (κ1) is 19.2. The molecular formula is C19H21BN4O2S2. The maximum absolute atomic E-state index is 12.6. The third-order valence-electron chi connectivity index (χ3n) is 4.81. The minimum Gasteiger partial charge on any atom is -0.333 e. The molecule has 28 heavy (non-hydrogen) atoms. The second kappa shape index (κ2) is 8.10. The quantitative estimate of drug-likeness (QED) is 0.370. The molecule has 0 bridgehead atoms. The van der Waals surface area contributed by atoms with E-state index in [-0.39, 0.29) is 17.4 Å². The summed E-state index contributed by atoms with van der Waals surface area (Å²) < 4.78 is 0. The maximum Gasteiger partial charge on any atom is 0.235 e. The number of Topliss-reactive ketones (excluding diaryl/α,β-unsaturated/α-hetero) is 1. The molecule has 0 fully saturated rings. The van der Waals surface area contributed by atoms with Crippen LogP contribution in [-0.2, 0) is 17.8 Å². The third-order valence-corrected chi connectivity index (χ3v) is 6.81. The zero-order valence-corrected chi connectivity index (χ0v) is 17.5. The smallest absolute Gasteiger partial charge is 0.235 e. The Balaban J connectivity index is 1.48. The highest BCUT2D eigenvalue weighted by atomic mass is 32.2. The average Bonchev–Trinajstić information content (AvgIpc) is 3.25. The van der Waals surface area contributed by atoms with Gasteiger partial charge in [0, 0.05) is 18.0 Å². The van der Waals surface area contributed by atoms with Gasteiger partial charge in [0.25, 0.3) is 0 Å². The van der Waals surface area contributed by atoms with Crippen LogP contribution in [0.15, 0.2) is 29.4 Å². The van der Waals surface area contributed by atoms with E-state index < -0.39 is 0 Å². The largest absolute Gasteiger partial charge is 0.333 e. The van der Waals surface area contributed by atoms with Gasteiger partial charge in [-0.15, -0.1) is 11.3 Å². The van der Waals surface area contributed by atoms with Gasteiger partial charge in [0.15, 0.2) is 10.9 Å². The van der Waals surface area contributed by atoms with E-state index in [0.717, 1.165) is 41.7 Å². The number of carbonyl (C=O) groups excluding carboxylic acids is 2. The number of hydrogen-bond acceptors (Lipinski definition) is 6. The summed E-state index contributed by atoms with van der Waals surface area (Å²) in [4.78, 5) is 36.2. The molecule has 1 aromatic carbocycles. The van der Waals surface area contributed by atoms with E-state index in [1.165, 1.54) is 28.0 Å². The zero-order chi connectivity index (χ0) is 19.7. The number of rotatable bonds is 6. The van der Waals surface area contributed by atoms with E-state index in [9.17, 15) is 9.59 Å². The Hall–Kier alpha value is -2.10. The second-order valence-corrected chi connectivity index (χ2v) is 8.94. The first-order valence-corrected chi connectivity index (χ1v) is 11.1. The Kier molecular flexibility index (Phi) is 5.57. The number of fused-ring (bicyclic) bond motifs is 2. The summed E-state index contributed by atoms with van der Waals surface area (Å²) in [6.07, 6.45) is 1.29. The molecule has 0 saturated carbocycles. The summed E-state index contributed by atoms with van der Waals surface area (Å²) in [5.74, 6) is 0.215. The highest BCUT2D eigenvalue weighted by Gasteiger charge is 2.26. The van der Waals surface area contributed by atoms with Crippen LogP contribution in [-0.4, -0.2) is 53.7 Å². The number of para-hydroxylation sites is 2. The third kappa shape index (κ3) is 3.87. The minimum absolute atomic E-state index is 0.0993. The summed E-state index contributed by atoms with van der Waals surface area (Å²) in [6, 6.07) is 7.78. The van der Waals surface area contributed by atoms with Crippen LogP contribution in [0.1, 0.15) is 20.8 Å². The van der Waals surface area contributed by atoms with Crippen LogP contribution in [0.4, 0.5) is 5.00 Å². The number of likely N-dealkylation sites (N-methyl/N-ethyl adjacent to an activating group) is 1. The van der Waals surface area contributed by atoms with Gasteiger partial charge in [-0.3, -0.25) is 9.59 Å². The number of ketones is 1. The predicted molar refractivity (Wildman–Crippen MR) is 117 cm³/mol.